The highest BCUT2D eigenvalue weighted by Gasteiger charge is 2.29. The lowest BCUT2D eigenvalue weighted by atomic mass is 9.89. The molecule has 1 aliphatic carbocycles. The summed E-state index contributed by atoms with van der Waals surface area (Å²) in [6.07, 6.45) is 0. The van der Waals surface area contributed by atoms with Crippen molar-refractivity contribution in [1.82, 2.24) is 4.90 Å². The maximum absolute atomic E-state index is 14.3. The number of carbonyl (C=O) groups excluding carboxylic acids is 1. The van der Waals surface area contributed by atoms with Crippen molar-refractivity contribution < 1.29 is 9.21 Å². The van der Waals surface area contributed by atoms with Crippen LogP contribution in [0.1, 0.15) is 35.3 Å². The Morgan fingerprint density at radius 1 is 0.952 bits per heavy atom. The Kier molecular flexibility index (Phi) is 7.48. The van der Waals surface area contributed by atoms with Crippen LogP contribution in [-0.4, -0.2) is 42.9 Å². The van der Waals surface area contributed by atoms with Gasteiger partial charge < -0.3 is 15.1 Å². The number of benzene rings is 4. The van der Waals surface area contributed by atoms with Gasteiger partial charge in [0.25, 0.3) is 5.91 Å². The number of aryl methyl sites for hydroxylation is 2. The third kappa shape index (κ3) is 5.02. The number of nitrogens with zero attached hydrogens (tertiary/aromatic N) is 3. The second kappa shape index (κ2) is 11.5. The van der Waals surface area contributed by atoms with Crippen LogP contribution < -0.4 is 16.0 Å². The van der Waals surface area contributed by atoms with Gasteiger partial charge in [0.15, 0.2) is 0 Å². The molecule has 0 atom stereocenters. The fourth-order valence-electron chi connectivity index (χ4n) is 5.64. The number of hydrogen-bond donors (Lipinski definition) is 2. The lowest BCUT2D eigenvalue weighted by molar-refractivity contribution is 0.0858. The fraction of sp³-hybridized carbons (Fsp3) is 0.229. The van der Waals surface area contributed by atoms with E-state index in [1.54, 1.807) is 4.90 Å². The van der Waals surface area contributed by atoms with Gasteiger partial charge in [0.1, 0.15) is 11.3 Å². The molecule has 1 amide bonds. The molecule has 0 unspecified atom stereocenters. The largest absolute Gasteiger partial charge is 0.456 e. The van der Waals surface area contributed by atoms with E-state index >= 15 is 0 Å². The quantitative estimate of drug-likeness (QED) is 0.218. The van der Waals surface area contributed by atoms with Crippen LogP contribution in [0.4, 0.5) is 11.4 Å². The molecule has 7 heteroatoms. The summed E-state index contributed by atoms with van der Waals surface area (Å²) in [6.45, 7) is 10.8. The highest BCUT2D eigenvalue weighted by atomic mass is 16.3. The monoisotopic (exact) mass is 557 g/mol. The van der Waals surface area contributed by atoms with Gasteiger partial charge in [-0.1, -0.05) is 36.4 Å². The molecule has 2 heterocycles. The summed E-state index contributed by atoms with van der Waals surface area (Å²) in [5, 5.41) is 8.65. The summed E-state index contributed by atoms with van der Waals surface area (Å²) in [6, 6.07) is 26.0. The van der Waals surface area contributed by atoms with E-state index in [9.17, 15) is 4.79 Å². The average Bonchev–Trinajstić information content (AvgIpc) is 3.46. The molecule has 0 saturated heterocycles. The number of aliphatic imine (C=N–C) groups is 1. The molecule has 2 aliphatic heterocycles. The molecule has 0 fully saturated rings. The maximum atomic E-state index is 14.3. The van der Waals surface area contributed by atoms with Crippen LogP contribution in [-0.2, 0) is 0 Å². The zero-order valence-corrected chi connectivity index (χ0v) is 24.5. The van der Waals surface area contributed by atoms with Crippen LogP contribution >= 0.6 is 0 Å². The molecule has 0 spiro atoms. The van der Waals surface area contributed by atoms with E-state index < -0.39 is 0 Å². The molecule has 7 nitrogen and oxygen atoms in total. The van der Waals surface area contributed by atoms with Crippen molar-refractivity contribution in [1.29, 1.82) is 0 Å². The molecule has 2 N–H and O–H groups in total. The molecule has 0 bridgehead atoms. The van der Waals surface area contributed by atoms with Gasteiger partial charge in [-0.25, -0.2) is 0 Å². The first-order valence-electron chi connectivity index (χ1n) is 14.5. The van der Waals surface area contributed by atoms with E-state index in [1.165, 1.54) is 0 Å². The minimum atomic E-state index is -0.0947. The van der Waals surface area contributed by atoms with Crippen LogP contribution in [0.15, 0.2) is 93.3 Å². The van der Waals surface area contributed by atoms with Crippen LogP contribution in [0, 0.1) is 13.8 Å². The molecule has 0 radical (unpaired) electrons. The second-order valence-corrected chi connectivity index (χ2v) is 10.5. The summed E-state index contributed by atoms with van der Waals surface area (Å²) in [7, 11) is 0. The van der Waals surface area contributed by atoms with Crippen molar-refractivity contribution in [3.05, 3.63) is 101 Å². The highest BCUT2D eigenvalue weighted by molar-refractivity contribution is 6.15. The van der Waals surface area contributed by atoms with Crippen molar-refractivity contribution in [2.75, 3.05) is 36.8 Å². The van der Waals surface area contributed by atoms with Gasteiger partial charge in [0.05, 0.1) is 11.9 Å². The van der Waals surface area contributed by atoms with Crippen molar-refractivity contribution in [3.63, 3.8) is 0 Å². The lowest BCUT2D eigenvalue weighted by Gasteiger charge is -2.23. The van der Waals surface area contributed by atoms with E-state index in [1.807, 2.05) is 67.6 Å². The smallest absolute Gasteiger partial charge is 0.261 e. The molecule has 3 aromatic rings. The second-order valence-electron chi connectivity index (χ2n) is 10.5. The van der Waals surface area contributed by atoms with E-state index in [4.69, 9.17) is 4.42 Å². The number of fused-ring (bicyclic) bond motifs is 2. The molecule has 6 rings (SSSR count). The zero-order chi connectivity index (χ0) is 29.2. The van der Waals surface area contributed by atoms with Gasteiger partial charge in [0.2, 0.25) is 5.96 Å². The Balaban J connectivity index is 1.55. The maximum Gasteiger partial charge on any atom is 0.261 e. The number of rotatable bonds is 6. The van der Waals surface area contributed by atoms with Gasteiger partial charge in [-0.15, -0.1) is 0 Å². The van der Waals surface area contributed by atoms with Crippen molar-refractivity contribution in [2.24, 2.45) is 9.98 Å². The van der Waals surface area contributed by atoms with Gasteiger partial charge in [-0.3, -0.25) is 19.7 Å². The van der Waals surface area contributed by atoms with Crippen LogP contribution in [0.25, 0.3) is 33.4 Å². The summed E-state index contributed by atoms with van der Waals surface area (Å²) in [4.78, 5) is 25.3. The number of amides is 1. The Hall–Kier alpha value is -4.91. The lowest BCUT2D eigenvalue weighted by Crippen LogP contribution is -2.38. The van der Waals surface area contributed by atoms with Crippen molar-refractivity contribution in [2.45, 2.75) is 27.7 Å². The van der Waals surface area contributed by atoms with E-state index in [0.29, 0.717) is 31.2 Å². The normalized spacial score (nSPS) is 13.6. The summed E-state index contributed by atoms with van der Waals surface area (Å²) < 4.78 is 6.55. The third-order valence-electron chi connectivity index (χ3n) is 7.62. The van der Waals surface area contributed by atoms with Crippen molar-refractivity contribution in [3.8, 4) is 22.5 Å². The number of para-hydroxylation sites is 1. The highest BCUT2D eigenvalue weighted by Crippen LogP contribution is 2.43. The predicted molar refractivity (Wildman–Crippen MR) is 171 cm³/mol. The minimum absolute atomic E-state index is 0.0947. The molecule has 0 aromatic heterocycles. The average molecular weight is 558 g/mol. The van der Waals surface area contributed by atoms with Crippen LogP contribution in [0.5, 0.6) is 0 Å². The van der Waals surface area contributed by atoms with E-state index in [0.717, 1.165) is 67.8 Å². The summed E-state index contributed by atoms with van der Waals surface area (Å²) in [5.41, 5.74) is 8.23. The molecule has 0 saturated carbocycles. The first-order valence-corrected chi connectivity index (χ1v) is 14.5. The SMILES string of the molecule is CCN=c1cc2oc3cc(NCC)c(C)cc3c(-c3ccccc3C(=O)N3CCN=C3Nc3ccccc3)c-2cc1C. The number of anilines is 2. The molecular formula is C35H35N5O2. The van der Waals surface area contributed by atoms with Gasteiger partial charge in [-0.05, 0) is 74.7 Å². The number of nitrogens with one attached hydrogen (secondary N) is 2. The third-order valence-corrected chi connectivity index (χ3v) is 7.62. The number of guanidine groups is 1. The predicted octanol–water partition coefficient (Wildman–Crippen LogP) is 7.10. The van der Waals surface area contributed by atoms with Gasteiger partial charge in [0, 0.05) is 65.2 Å². The molecular weight excluding hydrogens is 522 g/mol. The van der Waals surface area contributed by atoms with E-state index in [-0.39, 0.29) is 5.91 Å². The van der Waals surface area contributed by atoms with E-state index in [2.05, 4.69) is 59.6 Å². The van der Waals surface area contributed by atoms with Crippen LogP contribution in [0.2, 0.25) is 0 Å². The standard InChI is InChI=1S/C35H35N5O2/c1-5-36-29-20-31-27(18-22(29)3)33(28-19-23(4)30(37-6-2)21-32(28)42-31)25-14-10-11-15-26(25)34(41)40-17-16-38-35(40)39-24-12-8-7-9-13-24/h7-15,18-21,36H,5-6,16-17H2,1-4H3,(H,38,39). The van der Waals surface area contributed by atoms with Crippen molar-refractivity contribution >= 4 is 34.2 Å². The Morgan fingerprint density at radius 3 is 2.52 bits per heavy atom. The first-order chi connectivity index (χ1) is 20.5. The zero-order valence-electron chi connectivity index (χ0n) is 24.5. The number of carbonyl (C=O) groups is 1. The summed E-state index contributed by atoms with van der Waals surface area (Å²) in [5.74, 6) is 1.20. The van der Waals surface area contributed by atoms with Gasteiger partial charge >= 0.3 is 0 Å². The first kappa shape index (κ1) is 27.3. The number of hydrogen-bond acceptors (Lipinski definition) is 6. The topological polar surface area (TPSA) is 82.2 Å². The van der Waals surface area contributed by atoms with Crippen LogP contribution in [0.3, 0.4) is 0 Å². The summed E-state index contributed by atoms with van der Waals surface area (Å²) >= 11 is 0. The Morgan fingerprint density at radius 2 is 1.74 bits per heavy atom. The Labute approximate surface area is 246 Å². The molecule has 212 valence electrons. The molecule has 42 heavy (non-hydrogen) atoms. The molecule has 3 aromatic carbocycles. The fourth-order valence-corrected chi connectivity index (χ4v) is 5.64. The minimum Gasteiger partial charge on any atom is -0.456 e. The van der Waals surface area contributed by atoms with Gasteiger partial charge in [-0.2, -0.15) is 0 Å². The molecule has 3 aliphatic rings. The Bertz CT molecular complexity index is 1860.